The highest BCUT2D eigenvalue weighted by atomic mass is 16.6. The first-order chi connectivity index (χ1) is 12.3. The Bertz CT molecular complexity index is 982. The monoisotopic (exact) mass is 350 g/mol. The molecular formula is C20H18N2O4. The molecule has 2 unspecified atom stereocenters. The van der Waals surface area contributed by atoms with Crippen molar-refractivity contribution in [3.8, 4) is 5.69 Å². The second kappa shape index (κ2) is 4.50. The van der Waals surface area contributed by atoms with Gasteiger partial charge in [0.15, 0.2) is 5.78 Å². The first-order valence-electron chi connectivity index (χ1n) is 8.75. The molecule has 2 heterocycles. The predicted octanol–water partition coefficient (Wildman–Crippen LogP) is 2.26. The fourth-order valence-corrected chi connectivity index (χ4v) is 5.28. The van der Waals surface area contributed by atoms with Crippen LogP contribution in [0.2, 0.25) is 0 Å². The van der Waals surface area contributed by atoms with Crippen molar-refractivity contribution in [1.29, 1.82) is 0 Å². The fourth-order valence-electron chi connectivity index (χ4n) is 5.28. The summed E-state index contributed by atoms with van der Waals surface area (Å²) < 4.78 is 6.55. The topological polar surface area (TPSA) is 78.3 Å². The summed E-state index contributed by atoms with van der Waals surface area (Å²) in [6.45, 7) is 5.73. The lowest BCUT2D eigenvalue weighted by Gasteiger charge is -2.40. The van der Waals surface area contributed by atoms with Crippen LogP contribution in [-0.2, 0) is 20.7 Å². The molecule has 1 spiro atoms. The number of ether oxygens (including phenoxy) is 1. The molecule has 6 nitrogen and oxygen atoms in total. The van der Waals surface area contributed by atoms with Gasteiger partial charge < -0.3 is 4.74 Å². The number of Topliss-reactive ketones (excluding diaryl/α,β-unsaturated/α-hetero) is 1. The van der Waals surface area contributed by atoms with Crippen LogP contribution in [0, 0.1) is 29.6 Å². The van der Waals surface area contributed by atoms with Gasteiger partial charge >= 0.3 is 11.9 Å². The molecule has 1 aliphatic heterocycles. The number of fused-ring (bicyclic) bond motifs is 4. The maximum Gasteiger partial charge on any atom is 0.318 e. The Morgan fingerprint density at radius 2 is 1.69 bits per heavy atom. The molecule has 3 aliphatic rings. The number of hydrogen-bond acceptors (Lipinski definition) is 5. The van der Waals surface area contributed by atoms with Gasteiger partial charge in [-0.15, -0.1) is 0 Å². The van der Waals surface area contributed by atoms with E-state index >= 15 is 0 Å². The molecule has 1 saturated heterocycles. The van der Waals surface area contributed by atoms with Crippen LogP contribution in [0.5, 0.6) is 0 Å². The van der Waals surface area contributed by atoms with Gasteiger partial charge in [0, 0.05) is 0 Å². The van der Waals surface area contributed by atoms with Crippen LogP contribution >= 0.6 is 0 Å². The molecular weight excluding hydrogens is 332 g/mol. The Hall–Kier alpha value is -2.76. The minimum atomic E-state index is -0.984. The third-order valence-corrected chi connectivity index (χ3v) is 6.40. The van der Waals surface area contributed by atoms with Gasteiger partial charge in [-0.05, 0) is 30.9 Å². The molecule has 26 heavy (non-hydrogen) atoms. The van der Waals surface area contributed by atoms with Crippen molar-refractivity contribution >= 4 is 17.7 Å². The Morgan fingerprint density at radius 3 is 2.31 bits per heavy atom. The van der Waals surface area contributed by atoms with Crippen LogP contribution in [0.3, 0.4) is 0 Å². The number of rotatable bonds is 1. The summed E-state index contributed by atoms with van der Waals surface area (Å²) in [5.41, 5.74) is 1.41. The number of benzene rings is 1. The van der Waals surface area contributed by atoms with Gasteiger partial charge in [-0.25, -0.2) is 4.68 Å². The summed E-state index contributed by atoms with van der Waals surface area (Å²) in [6.07, 6.45) is 0.567. The van der Waals surface area contributed by atoms with Crippen molar-refractivity contribution in [3.63, 3.8) is 0 Å². The average Bonchev–Trinajstić information content (AvgIpc) is 3.10. The zero-order chi connectivity index (χ0) is 18.4. The van der Waals surface area contributed by atoms with E-state index in [1.807, 2.05) is 48.9 Å². The number of hydrogen-bond donors (Lipinski definition) is 0. The maximum absolute atomic E-state index is 13.6. The van der Waals surface area contributed by atoms with Crippen molar-refractivity contribution in [2.75, 3.05) is 0 Å². The quantitative estimate of drug-likeness (QED) is 0.582. The van der Waals surface area contributed by atoms with Crippen LogP contribution in [0.25, 0.3) is 5.69 Å². The molecule has 6 heteroatoms. The van der Waals surface area contributed by atoms with E-state index in [1.165, 1.54) is 0 Å². The number of cyclic esters (lactones) is 2. The van der Waals surface area contributed by atoms with Crippen LogP contribution in [-0.4, -0.2) is 27.5 Å². The molecule has 0 radical (unpaired) electrons. The largest absolute Gasteiger partial charge is 0.393 e. The Morgan fingerprint density at radius 1 is 1.08 bits per heavy atom. The van der Waals surface area contributed by atoms with Crippen LogP contribution in [0.15, 0.2) is 30.3 Å². The summed E-state index contributed by atoms with van der Waals surface area (Å²) in [7, 11) is 0. The number of esters is 2. The van der Waals surface area contributed by atoms with Gasteiger partial charge in [-0.2, -0.15) is 5.10 Å². The van der Waals surface area contributed by atoms with Gasteiger partial charge in [0.05, 0.1) is 39.9 Å². The molecule has 2 fully saturated rings. The SMILES string of the molecule is Cc1nn(-c2ccccc2)c2c1C(=O)C1(C3C(=O)OC(=O)C31)C(C)(C)C2. The van der Waals surface area contributed by atoms with Crippen molar-refractivity contribution in [2.45, 2.75) is 27.2 Å². The number of aryl methyl sites for hydroxylation is 1. The maximum atomic E-state index is 13.6. The number of carbonyl (C=O) groups is 3. The van der Waals surface area contributed by atoms with Gasteiger partial charge in [0.2, 0.25) is 0 Å². The van der Waals surface area contributed by atoms with E-state index in [0.29, 0.717) is 17.7 Å². The van der Waals surface area contributed by atoms with Crippen molar-refractivity contribution in [2.24, 2.45) is 22.7 Å². The fraction of sp³-hybridized carbons (Fsp3) is 0.400. The third-order valence-electron chi connectivity index (χ3n) is 6.40. The van der Waals surface area contributed by atoms with E-state index in [1.54, 1.807) is 6.92 Å². The van der Waals surface area contributed by atoms with E-state index in [4.69, 9.17) is 4.74 Å². The van der Waals surface area contributed by atoms with Gasteiger partial charge in [0.1, 0.15) is 0 Å². The van der Waals surface area contributed by atoms with E-state index in [0.717, 1.165) is 11.4 Å². The second-order valence-electron chi connectivity index (χ2n) is 8.11. The predicted molar refractivity (Wildman–Crippen MR) is 90.6 cm³/mol. The highest BCUT2D eigenvalue weighted by Gasteiger charge is 2.85. The normalized spacial score (nSPS) is 31.0. The van der Waals surface area contributed by atoms with E-state index in [2.05, 4.69) is 5.10 Å². The lowest BCUT2D eigenvalue weighted by Crippen LogP contribution is -2.46. The second-order valence-corrected chi connectivity index (χ2v) is 8.11. The zero-order valence-electron chi connectivity index (χ0n) is 14.8. The molecule has 1 saturated carbocycles. The van der Waals surface area contributed by atoms with Gasteiger partial charge in [-0.1, -0.05) is 32.0 Å². The summed E-state index contributed by atoms with van der Waals surface area (Å²) in [4.78, 5) is 37.9. The number of nitrogens with zero attached hydrogens (tertiary/aromatic N) is 2. The standard InChI is InChI=1S/C20H18N2O4/c1-10-13-12(22(21-10)11-7-5-4-6-8-11)9-19(2,3)20(16(13)23)14-15(20)18(25)26-17(14)24/h4-8,14-15H,9H2,1-3H3. The Labute approximate surface area is 150 Å². The summed E-state index contributed by atoms with van der Waals surface area (Å²) >= 11 is 0. The molecule has 0 N–H and O–H groups in total. The average molecular weight is 350 g/mol. The molecule has 0 amide bonds. The summed E-state index contributed by atoms with van der Waals surface area (Å²) in [5, 5.41) is 4.60. The molecule has 2 aromatic rings. The van der Waals surface area contributed by atoms with E-state index in [-0.39, 0.29) is 5.78 Å². The molecule has 5 rings (SSSR count). The minimum Gasteiger partial charge on any atom is -0.393 e. The van der Waals surface area contributed by atoms with Crippen molar-refractivity contribution in [1.82, 2.24) is 9.78 Å². The number of para-hydroxylation sites is 1. The van der Waals surface area contributed by atoms with Crippen molar-refractivity contribution in [3.05, 3.63) is 47.3 Å². The molecule has 2 aliphatic carbocycles. The molecule has 2 atom stereocenters. The smallest absolute Gasteiger partial charge is 0.318 e. The Kier molecular flexibility index (Phi) is 2.68. The third kappa shape index (κ3) is 1.54. The lowest BCUT2D eigenvalue weighted by atomic mass is 9.62. The molecule has 0 bridgehead atoms. The number of carbonyl (C=O) groups excluding carboxylic acids is 3. The minimum absolute atomic E-state index is 0.136. The number of ketones is 1. The zero-order valence-corrected chi connectivity index (χ0v) is 14.8. The van der Waals surface area contributed by atoms with E-state index in [9.17, 15) is 14.4 Å². The van der Waals surface area contributed by atoms with E-state index < -0.39 is 34.6 Å². The van der Waals surface area contributed by atoms with Gasteiger partial charge in [0.25, 0.3) is 0 Å². The molecule has 1 aromatic heterocycles. The highest BCUT2D eigenvalue weighted by molar-refractivity contribution is 6.17. The number of aromatic nitrogens is 2. The van der Waals surface area contributed by atoms with Crippen LogP contribution in [0.1, 0.15) is 35.6 Å². The summed E-state index contributed by atoms with van der Waals surface area (Å²) in [5.74, 6) is -2.55. The Balaban J connectivity index is 1.71. The first-order valence-corrected chi connectivity index (χ1v) is 8.75. The molecule has 1 aromatic carbocycles. The lowest BCUT2D eigenvalue weighted by molar-refractivity contribution is -0.158. The van der Waals surface area contributed by atoms with Crippen LogP contribution in [0.4, 0.5) is 0 Å². The van der Waals surface area contributed by atoms with Crippen molar-refractivity contribution < 1.29 is 19.1 Å². The summed E-state index contributed by atoms with van der Waals surface area (Å²) in [6, 6.07) is 9.67. The van der Waals surface area contributed by atoms with Crippen LogP contribution < -0.4 is 0 Å². The first kappa shape index (κ1) is 15.5. The van der Waals surface area contributed by atoms with Gasteiger partial charge in [-0.3, -0.25) is 14.4 Å². The highest BCUT2D eigenvalue weighted by Crippen LogP contribution is 2.74. The molecule has 132 valence electrons.